The van der Waals surface area contributed by atoms with E-state index in [0.717, 1.165) is 0 Å². The summed E-state index contributed by atoms with van der Waals surface area (Å²) in [6, 6.07) is 1.31. The van der Waals surface area contributed by atoms with E-state index >= 15 is 0 Å². The van der Waals surface area contributed by atoms with Crippen molar-refractivity contribution in [2.24, 2.45) is 0 Å². The maximum atomic E-state index is 14.8. The molecule has 11 nitrogen and oxygen atoms in total. The number of ether oxygens (including phenoxy) is 5. The van der Waals surface area contributed by atoms with Gasteiger partial charge in [-0.1, -0.05) is 0 Å². The van der Waals surface area contributed by atoms with Crippen LogP contribution in [0.25, 0.3) is 0 Å². The van der Waals surface area contributed by atoms with Gasteiger partial charge in [0.1, 0.15) is 17.3 Å². The van der Waals surface area contributed by atoms with Gasteiger partial charge in [-0.15, -0.1) is 4.90 Å². The van der Waals surface area contributed by atoms with Gasteiger partial charge >= 0.3 is 12.2 Å². The molecule has 0 aliphatic heterocycles. The quantitative estimate of drug-likeness (QED) is 0.263. The highest BCUT2D eigenvalue weighted by Gasteiger charge is 2.34. The zero-order valence-corrected chi connectivity index (χ0v) is 24.0. The normalized spacial score (nSPS) is 12.4. The lowest BCUT2D eigenvalue weighted by Crippen LogP contribution is -2.44. The highest BCUT2D eigenvalue weighted by Crippen LogP contribution is 2.39. The van der Waals surface area contributed by atoms with Crippen molar-refractivity contribution in [3.8, 4) is 11.5 Å². The Bertz CT molecular complexity index is 1140. The van der Waals surface area contributed by atoms with Crippen LogP contribution in [0.5, 0.6) is 11.5 Å². The molecule has 0 aliphatic carbocycles. The number of hydrogen-bond donors (Lipinski definition) is 0. The van der Waals surface area contributed by atoms with Crippen LogP contribution in [0.2, 0.25) is 0 Å². The molecule has 0 spiro atoms. The standard InChI is InChI=1S/C25H31BrFN3O8/c1-14(36-17-9-15(12-31)18(26)19(27)20(17)35-13-34-8)16-10-28-21(29-11-16)30(22(32)37-24(2,3)4)23(33)38-25(5,6)7/h9-12,14H,13H2,1-8H3. The number of imide groups is 1. The number of halogens is 2. The predicted octanol–water partition coefficient (Wildman–Crippen LogP) is 5.99. The van der Waals surface area contributed by atoms with Gasteiger partial charge in [-0.3, -0.25) is 4.79 Å². The Kier molecular flexibility index (Phi) is 10.2. The van der Waals surface area contributed by atoms with Crippen LogP contribution in [0.4, 0.5) is 19.9 Å². The second-order valence-electron chi connectivity index (χ2n) is 9.96. The number of rotatable bonds is 8. The number of benzene rings is 1. The molecule has 0 saturated carbocycles. The Morgan fingerprint density at radius 1 is 1.08 bits per heavy atom. The van der Waals surface area contributed by atoms with Gasteiger partial charge in [-0.2, -0.15) is 0 Å². The molecule has 0 saturated heterocycles. The van der Waals surface area contributed by atoms with Crippen LogP contribution in [-0.4, -0.2) is 53.5 Å². The van der Waals surface area contributed by atoms with E-state index in [-0.39, 0.29) is 34.3 Å². The van der Waals surface area contributed by atoms with Gasteiger partial charge in [0.05, 0.1) is 4.47 Å². The van der Waals surface area contributed by atoms with Crippen molar-refractivity contribution >= 4 is 40.4 Å². The molecule has 0 aliphatic rings. The summed E-state index contributed by atoms with van der Waals surface area (Å²) in [4.78, 5) is 45.8. The summed E-state index contributed by atoms with van der Waals surface area (Å²) in [5, 5.41) is 0. The third-order valence-corrected chi connectivity index (χ3v) is 5.19. The molecule has 2 aromatic rings. The fourth-order valence-corrected chi connectivity index (χ4v) is 3.19. The van der Waals surface area contributed by atoms with E-state index in [1.807, 2.05) is 0 Å². The van der Waals surface area contributed by atoms with Gasteiger partial charge in [-0.25, -0.2) is 23.9 Å². The Labute approximate surface area is 228 Å². The molecule has 2 rings (SSSR count). The monoisotopic (exact) mass is 599 g/mol. The molecule has 1 atom stereocenters. The molecule has 13 heteroatoms. The molecular weight excluding hydrogens is 569 g/mol. The minimum absolute atomic E-state index is 0.00595. The SMILES string of the molecule is COCOc1c(OC(C)c2cnc(N(C(=O)OC(C)(C)C)C(=O)OC(C)(C)C)nc2)cc(C=O)c(Br)c1F. The van der Waals surface area contributed by atoms with Crippen LogP contribution in [0, 0.1) is 5.82 Å². The number of anilines is 1. The van der Waals surface area contributed by atoms with E-state index in [4.69, 9.17) is 23.7 Å². The molecule has 2 amide bonds. The van der Waals surface area contributed by atoms with Crippen molar-refractivity contribution in [1.82, 2.24) is 9.97 Å². The van der Waals surface area contributed by atoms with E-state index in [2.05, 4.69) is 25.9 Å². The lowest BCUT2D eigenvalue weighted by molar-refractivity contribution is 0.0425. The first-order chi connectivity index (χ1) is 17.6. The van der Waals surface area contributed by atoms with E-state index in [1.54, 1.807) is 48.5 Å². The second-order valence-corrected chi connectivity index (χ2v) is 10.8. The van der Waals surface area contributed by atoms with E-state index in [9.17, 15) is 18.8 Å². The molecule has 0 radical (unpaired) electrons. The number of amides is 2. The third-order valence-electron chi connectivity index (χ3n) is 4.39. The van der Waals surface area contributed by atoms with Gasteiger partial charge in [0.25, 0.3) is 0 Å². The first-order valence-electron chi connectivity index (χ1n) is 11.4. The summed E-state index contributed by atoms with van der Waals surface area (Å²) >= 11 is 3.03. The molecule has 0 N–H and O–H groups in total. The zero-order valence-electron chi connectivity index (χ0n) is 22.5. The molecule has 208 valence electrons. The third kappa shape index (κ3) is 8.35. The average Bonchev–Trinajstić information content (AvgIpc) is 2.79. The minimum atomic E-state index is -1.02. The second kappa shape index (κ2) is 12.5. The number of methoxy groups -OCH3 is 1. The van der Waals surface area contributed by atoms with E-state index in [1.165, 1.54) is 25.6 Å². The fourth-order valence-electron chi connectivity index (χ4n) is 2.80. The zero-order chi connectivity index (χ0) is 28.8. The van der Waals surface area contributed by atoms with Crippen LogP contribution >= 0.6 is 15.9 Å². The van der Waals surface area contributed by atoms with Crippen LogP contribution in [0.1, 0.15) is 70.5 Å². The van der Waals surface area contributed by atoms with Crippen LogP contribution in [0.3, 0.4) is 0 Å². The van der Waals surface area contributed by atoms with Gasteiger partial charge in [0, 0.05) is 30.6 Å². The van der Waals surface area contributed by atoms with Crippen molar-refractivity contribution in [2.45, 2.75) is 65.8 Å². The summed E-state index contributed by atoms with van der Waals surface area (Å²) in [6.07, 6.45) is 0.294. The van der Waals surface area contributed by atoms with Crippen LogP contribution in [-0.2, 0) is 14.2 Å². The molecule has 0 bridgehead atoms. The number of carbonyl (C=O) groups is 3. The molecule has 38 heavy (non-hydrogen) atoms. The van der Waals surface area contributed by atoms with Crippen molar-refractivity contribution in [2.75, 3.05) is 18.8 Å². The van der Waals surface area contributed by atoms with Crippen LogP contribution in [0.15, 0.2) is 22.9 Å². The summed E-state index contributed by atoms with van der Waals surface area (Å²) in [5.74, 6) is -1.46. The topological polar surface area (TPSA) is 126 Å². The molecule has 1 heterocycles. The maximum Gasteiger partial charge on any atom is 0.427 e. The van der Waals surface area contributed by atoms with Gasteiger partial charge < -0.3 is 23.7 Å². The van der Waals surface area contributed by atoms with Crippen molar-refractivity contribution < 1.29 is 42.5 Å². The lowest BCUT2D eigenvalue weighted by atomic mass is 10.2. The van der Waals surface area contributed by atoms with Crippen LogP contribution < -0.4 is 14.4 Å². The highest BCUT2D eigenvalue weighted by molar-refractivity contribution is 9.10. The number of carbonyl (C=O) groups excluding carboxylic acids is 3. The minimum Gasteiger partial charge on any atom is -0.482 e. The number of nitrogens with zero attached hydrogens (tertiary/aromatic N) is 3. The Morgan fingerprint density at radius 2 is 1.61 bits per heavy atom. The first kappa shape index (κ1) is 30.9. The summed E-state index contributed by atoms with van der Waals surface area (Å²) in [6.45, 7) is 11.2. The van der Waals surface area contributed by atoms with E-state index < -0.39 is 35.3 Å². The van der Waals surface area contributed by atoms with E-state index in [0.29, 0.717) is 16.7 Å². The van der Waals surface area contributed by atoms with Crippen molar-refractivity contribution in [1.29, 1.82) is 0 Å². The van der Waals surface area contributed by atoms with Gasteiger partial charge in [0.2, 0.25) is 11.7 Å². The molecule has 0 fully saturated rings. The molecule has 1 aromatic heterocycles. The molecule has 1 unspecified atom stereocenters. The average molecular weight is 600 g/mol. The molecular formula is C25H31BrFN3O8. The van der Waals surface area contributed by atoms with Gasteiger partial charge in [-0.05, 0) is 70.5 Å². The van der Waals surface area contributed by atoms with Crippen molar-refractivity contribution in [3.63, 3.8) is 0 Å². The Hall–Kier alpha value is -3.32. The number of aldehydes is 1. The molecule has 1 aromatic carbocycles. The number of aromatic nitrogens is 2. The summed E-state index contributed by atoms with van der Waals surface area (Å²) in [5.41, 5.74) is -1.40. The first-order valence-corrected chi connectivity index (χ1v) is 12.2. The lowest BCUT2D eigenvalue weighted by Gasteiger charge is -2.27. The van der Waals surface area contributed by atoms with Gasteiger partial charge in [0.15, 0.2) is 24.6 Å². The predicted molar refractivity (Wildman–Crippen MR) is 138 cm³/mol. The Balaban J connectivity index is 2.38. The Morgan fingerprint density at radius 3 is 2.05 bits per heavy atom. The fraction of sp³-hybridized carbons (Fsp3) is 0.480. The maximum absolute atomic E-state index is 14.8. The summed E-state index contributed by atoms with van der Waals surface area (Å²) < 4.78 is 41.4. The largest absolute Gasteiger partial charge is 0.482 e. The smallest absolute Gasteiger partial charge is 0.427 e. The number of hydrogen-bond acceptors (Lipinski definition) is 10. The summed E-state index contributed by atoms with van der Waals surface area (Å²) in [7, 11) is 1.37. The highest BCUT2D eigenvalue weighted by atomic mass is 79.9. The van der Waals surface area contributed by atoms with Crippen molar-refractivity contribution in [3.05, 3.63) is 39.9 Å².